The largest absolute Gasteiger partial charge is 0.355 e. The maximum absolute atomic E-state index is 12.8. The second-order valence-electron chi connectivity index (χ2n) is 7.06. The first-order valence-electron chi connectivity index (χ1n) is 10.0. The molecule has 0 bridgehead atoms. The smallest absolute Gasteiger partial charge is 0.253 e. The summed E-state index contributed by atoms with van der Waals surface area (Å²) in [6, 6.07) is 7.81. The van der Waals surface area contributed by atoms with Crippen molar-refractivity contribution in [2.45, 2.75) is 30.4 Å². The van der Waals surface area contributed by atoms with Crippen LogP contribution < -0.4 is 5.32 Å². The summed E-state index contributed by atoms with van der Waals surface area (Å²) in [6.07, 6.45) is 2.09. The Morgan fingerprint density at radius 3 is 2.59 bits per heavy atom. The SMILES string of the molecule is CCCCNC(=O)CN1CCN(C(=O)c2ccc(SCc3cscn3)cc2)CC1. The maximum Gasteiger partial charge on any atom is 0.253 e. The predicted molar refractivity (Wildman–Crippen MR) is 118 cm³/mol. The van der Waals surface area contributed by atoms with E-state index >= 15 is 0 Å². The third kappa shape index (κ3) is 6.83. The van der Waals surface area contributed by atoms with Crippen LogP contribution in [0, 0.1) is 0 Å². The van der Waals surface area contributed by atoms with Gasteiger partial charge in [0.2, 0.25) is 5.91 Å². The lowest BCUT2D eigenvalue weighted by Gasteiger charge is -2.34. The van der Waals surface area contributed by atoms with Crippen molar-refractivity contribution < 1.29 is 9.59 Å². The molecule has 0 aliphatic carbocycles. The van der Waals surface area contributed by atoms with Gasteiger partial charge in [0.15, 0.2) is 0 Å². The Balaban J connectivity index is 1.42. The zero-order chi connectivity index (χ0) is 20.5. The van der Waals surface area contributed by atoms with Crippen LogP contribution in [0.15, 0.2) is 40.1 Å². The fraction of sp³-hybridized carbons (Fsp3) is 0.476. The van der Waals surface area contributed by atoms with E-state index in [-0.39, 0.29) is 11.8 Å². The normalized spacial score (nSPS) is 14.7. The standard InChI is InChI=1S/C21H28N4O2S2/c1-2-3-8-22-20(26)13-24-9-11-25(12-10-24)21(27)17-4-6-19(7-5-17)29-15-18-14-28-16-23-18/h4-7,14,16H,2-3,8-13,15H2,1H3,(H,22,26). The Kier molecular flexibility index (Phi) is 8.52. The van der Waals surface area contributed by atoms with E-state index in [1.165, 1.54) is 0 Å². The molecule has 1 aromatic carbocycles. The first kappa shape index (κ1) is 21.8. The zero-order valence-corrected chi connectivity index (χ0v) is 18.4. The van der Waals surface area contributed by atoms with Crippen molar-refractivity contribution in [1.29, 1.82) is 0 Å². The molecule has 1 saturated heterocycles. The average Bonchev–Trinajstić information content (AvgIpc) is 3.27. The van der Waals surface area contributed by atoms with Gasteiger partial charge >= 0.3 is 0 Å². The van der Waals surface area contributed by atoms with Gasteiger partial charge in [-0.25, -0.2) is 4.98 Å². The summed E-state index contributed by atoms with van der Waals surface area (Å²) in [5.41, 5.74) is 3.64. The van der Waals surface area contributed by atoms with E-state index in [1.54, 1.807) is 23.1 Å². The highest BCUT2D eigenvalue weighted by Crippen LogP contribution is 2.23. The van der Waals surface area contributed by atoms with Gasteiger partial charge in [0.25, 0.3) is 5.91 Å². The molecular weight excluding hydrogens is 404 g/mol. The Morgan fingerprint density at radius 1 is 1.17 bits per heavy atom. The molecule has 0 spiro atoms. The molecule has 2 amide bonds. The van der Waals surface area contributed by atoms with Crippen LogP contribution in [0.5, 0.6) is 0 Å². The molecular formula is C21H28N4O2S2. The quantitative estimate of drug-likeness (QED) is 0.487. The molecule has 1 aromatic heterocycles. The molecule has 8 heteroatoms. The fourth-order valence-electron chi connectivity index (χ4n) is 3.12. The van der Waals surface area contributed by atoms with Crippen molar-refractivity contribution in [3.63, 3.8) is 0 Å². The topological polar surface area (TPSA) is 65.5 Å². The van der Waals surface area contributed by atoms with Gasteiger partial charge in [-0.1, -0.05) is 13.3 Å². The molecule has 156 valence electrons. The molecule has 0 radical (unpaired) electrons. The van der Waals surface area contributed by atoms with Crippen LogP contribution in [0.2, 0.25) is 0 Å². The lowest BCUT2D eigenvalue weighted by Crippen LogP contribution is -2.51. The van der Waals surface area contributed by atoms with Crippen LogP contribution in [0.3, 0.4) is 0 Å². The summed E-state index contributed by atoms with van der Waals surface area (Å²) in [6.45, 7) is 6.03. The molecule has 1 aliphatic heterocycles. The fourth-order valence-corrected chi connectivity index (χ4v) is 4.58. The highest BCUT2D eigenvalue weighted by molar-refractivity contribution is 7.98. The number of carbonyl (C=O) groups excluding carboxylic acids is 2. The molecule has 2 heterocycles. The average molecular weight is 433 g/mol. The van der Waals surface area contributed by atoms with E-state index in [1.807, 2.05) is 34.7 Å². The van der Waals surface area contributed by atoms with Crippen LogP contribution in [0.1, 0.15) is 35.8 Å². The number of benzene rings is 1. The monoisotopic (exact) mass is 432 g/mol. The number of thioether (sulfide) groups is 1. The molecule has 3 rings (SSSR count). The first-order valence-corrected chi connectivity index (χ1v) is 12.0. The maximum atomic E-state index is 12.8. The van der Waals surface area contributed by atoms with Crippen molar-refractivity contribution in [3.8, 4) is 0 Å². The van der Waals surface area contributed by atoms with Crippen LogP contribution in [0.25, 0.3) is 0 Å². The molecule has 6 nitrogen and oxygen atoms in total. The lowest BCUT2D eigenvalue weighted by molar-refractivity contribution is -0.122. The number of hydrogen-bond donors (Lipinski definition) is 1. The Labute approximate surface area is 180 Å². The lowest BCUT2D eigenvalue weighted by atomic mass is 10.2. The van der Waals surface area contributed by atoms with Gasteiger partial charge in [0, 0.05) is 54.3 Å². The number of amides is 2. The number of aromatic nitrogens is 1. The van der Waals surface area contributed by atoms with E-state index in [9.17, 15) is 9.59 Å². The van der Waals surface area contributed by atoms with Gasteiger partial charge in [0.1, 0.15) is 0 Å². The second kappa shape index (κ2) is 11.3. The van der Waals surface area contributed by atoms with Gasteiger partial charge in [-0.05, 0) is 30.7 Å². The number of thiazole rings is 1. The second-order valence-corrected chi connectivity index (χ2v) is 8.83. The molecule has 0 saturated carbocycles. The van der Waals surface area contributed by atoms with E-state index in [0.717, 1.165) is 48.8 Å². The number of piperazine rings is 1. The summed E-state index contributed by atoms with van der Waals surface area (Å²) in [4.78, 5) is 34.1. The van der Waals surface area contributed by atoms with E-state index in [4.69, 9.17) is 0 Å². The summed E-state index contributed by atoms with van der Waals surface area (Å²) in [5.74, 6) is 0.974. The first-order chi connectivity index (χ1) is 14.2. The van der Waals surface area contributed by atoms with Gasteiger partial charge in [-0.15, -0.1) is 23.1 Å². The van der Waals surface area contributed by atoms with Gasteiger partial charge < -0.3 is 10.2 Å². The molecule has 0 unspecified atom stereocenters. The summed E-state index contributed by atoms with van der Waals surface area (Å²) < 4.78 is 0. The molecule has 2 aromatic rings. The van der Waals surface area contributed by atoms with Gasteiger partial charge in [-0.3, -0.25) is 14.5 Å². The van der Waals surface area contributed by atoms with Crippen molar-refractivity contribution in [1.82, 2.24) is 20.1 Å². The number of nitrogens with zero attached hydrogens (tertiary/aromatic N) is 3. The van der Waals surface area contributed by atoms with Crippen molar-refractivity contribution in [2.24, 2.45) is 0 Å². The Bertz CT molecular complexity index is 772. The third-order valence-electron chi connectivity index (χ3n) is 4.85. The highest BCUT2D eigenvalue weighted by atomic mass is 32.2. The van der Waals surface area contributed by atoms with E-state index in [2.05, 4.69) is 27.5 Å². The number of nitrogens with one attached hydrogen (secondary N) is 1. The molecule has 0 atom stereocenters. The molecule has 1 aliphatic rings. The predicted octanol–water partition coefficient (Wildman–Crippen LogP) is 3.11. The van der Waals surface area contributed by atoms with Crippen LogP contribution in [-0.2, 0) is 10.5 Å². The van der Waals surface area contributed by atoms with Crippen molar-refractivity contribution >= 4 is 34.9 Å². The zero-order valence-electron chi connectivity index (χ0n) is 16.8. The molecule has 1 N–H and O–H groups in total. The summed E-state index contributed by atoms with van der Waals surface area (Å²) >= 11 is 3.33. The van der Waals surface area contributed by atoms with Crippen molar-refractivity contribution in [2.75, 3.05) is 39.3 Å². The van der Waals surface area contributed by atoms with E-state index in [0.29, 0.717) is 25.2 Å². The van der Waals surface area contributed by atoms with Gasteiger partial charge in [0.05, 0.1) is 17.7 Å². The summed E-state index contributed by atoms with van der Waals surface area (Å²) in [5, 5.41) is 5.00. The highest BCUT2D eigenvalue weighted by Gasteiger charge is 2.23. The number of unbranched alkanes of at least 4 members (excludes halogenated alkanes) is 1. The number of rotatable bonds is 9. The Hall–Kier alpha value is -1.90. The minimum atomic E-state index is 0.0631. The van der Waals surface area contributed by atoms with Crippen LogP contribution in [0.4, 0.5) is 0 Å². The molecule has 29 heavy (non-hydrogen) atoms. The van der Waals surface area contributed by atoms with E-state index < -0.39 is 0 Å². The molecule has 1 fully saturated rings. The van der Waals surface area contributed by atoms with Crippen LogP contribution in [-0.4, -0.2) is 65.9 Å². The third-order valence-corrected chi connectivity index (χ3v) is 6.53. The number of hydrogen-bond acceptors (Lipinski definition) is 6. The Morgan fingerprint density at radius 2 is 1.93 bits per heavy atom. The number of carbonyl (C=O) groups is 2. The minimum absolute atomic E-state index is 0.0631. The minimum Gasteiger partial charge on any atom is -0.355 e. The van der Waals surface area contributed by atoms with Crippen LogP contribution >= 0.6 is 23.1 Å². The van der Waals surface area contributed by atoms with Crippen molar-refractivity contribution in [3.05, 3.63) is 46.4 Å². The van der Waals surface area contributed by atoms with Gasteiger partial charge in [-0.2, -0.15) is 0 Å². The summed E-state index contributed by atoms with van der Waals surface area (Å²) in [7, 11) is 0.